The summed E-state index contributed by atoms with van der Waals surface area (Å²) in [5.41, 5.74) is 5.65. The Morgan fingerprint density at radius 1 is 1.58 bits per heavy atom. The second-order valence-corrected chi connectivity index (χ2v) is 3.34. The van der Waals surface area contributed by atoms with E-state index in [1.54, 1.807) is 0 Å². The van der Waals surface area contributed by atoms with Crippen molar-refractivity contribution in [3.05, 3.63) is 0 Å². The molecule has 4 heteroatoms. The summed E-state index contributed by atoms with van der Waals surface area (Å²) in [6.45, 7) is -0.646. The lowest BCUT2D eigenvalue weighted by Gasteiger charge is -2.13. The molecule has 1 rings (SSSR count). The van der Waals surface area contributed by atoms with Gasteiger partial charge in [0, 0.05) is 6.04 Å². The molecule has 0 aromatic rings. The van der Waals surface area contributed by atoms with Crippen molar-refractivity contribution >= 4 is 0 Å². The fourth-order valence-corrected chi connectivity index (χ4v) is 1.42. The molecule has 0 aromatic carbocycles. The molecule has 72 valence electrons. The van der Waals surface area contributed by atoms with Crippen LogP contribution in [0, 0.1) is 0 Å². The third kappa shape index (κ3) is 3.05. The lowest BCUT2D eigenvalue weighted by atomic mass is 10.3. The van der Waals surface area contributed by atoms with Crippen LogP contribution in [0.15, 0.2) is 0 Å². The molecule has 0 radical (unpaired) electrons. The maximum Gasteiger partial charge on any atom is 0.118 e. The van der Waals surface area contributed by atoms with Gasteiger partial charge >= 0.3 is 0 Å². The standard InChI is InChI=1S/C8H16FNO2/c9-4-7(11)5-12-8-2-1-6(10)3-8/h6-8,11H,1-5,10H2. The fourth-order valence-electron chi connectivity index (χ4n) is 1.42. The molecular formula is C8H16FNO2. The van der Waals surface area contributed by atoms with Crippen LogP contribution in [0.1, 0.15) is 19.3 Å². The quantitative estimate of drug-likeness (QED) is 0.645. The molecule has 0 heterocycles. The second kappa shape index (κ2) is 4.74. The molecule has 1 fully saturated rings. The van der Waals surface area contributed by atoms with Crippen molar-refractivity contribution in [2.75, 3.05) is 13.3 Å². The number of nitrogens with two attached hydrogens (primary N) is 1. The number of ether oxygens (including phenoxy) is 1. The number of hydrogen-bond donors (Lipinski definition) is 2. The van der Waals surface area contributed by atoms with Crippen molar-refractivity contribution in [3.63, 3.8) is 0 Å². The third-order valence-corrected chi connectivity index (χ3v) is 2.13. The first kappa shape index (κ1) is 9.89. The fraction of sp³-hybridized carbons (Fsp3) is 1.00. The summed E-state index contributed by atoms with van der Waals surface area (Å²) >= 11 is 0. The van der Waals surface area contributed by atoms with Gasteiger partial charge in [-0.2, -0.15) is 0 Å². The van der Waals surface area contributed by atoms with E-state index in [1.165, 1.54) is 0 Å². The average Bonchev–Trinajstić information content (AvgIpc) is 2.47. The Morgan fingerprint density at radius 3 is 2.83 bits per heavy atom. The SMILES string of the molecule is NC1CCC(OCC(O)CF)C1. The molecule has 0 aromatic heterocycles. The summed E-state index contributed by atoms with van der Waals surface area (Å²) < 4.78 is 17.0. The van der Waals surface area contributed by atoms with Gasteiger partial charge in [-0.15, -0.1) is 0 Å². The molecule has 1 aliphatic carbocycles. The van der Waals surface area contributed by atoms with E-state index in [1.807, 2.05) is 0 Å². The molecule has 0 bridgehead atoms. The Hall–Kier alpha value is -0.190. The zero-order valence-corrected chi connectivity index (χ0v) is 7.08. The van der Waals surface area contributed by atoms with E-state index in [0.717, 1.165) is 19.3 Å². The normalized spacial score (nSPS) is 32.2. The van der Waals surface area contributed by atoms with Crippen LogP contribution >= 0.6 is 0 Å². The lowest BCUT2D eigenvalue weighted by molar-refractivity contribution is -0.0144. The van der Waals surface area contributed by atoms with Crippen molar-refractivity contribution in [1.82, 2.24) is 0 Å². The van der Waals surface area contributed by atoms with Gasteiger partial charge in [0.2, 0.25) is 0 Å². The topological polar surface area (TPSA) is 55.5 Å². The van der Waals surface area contributed by atoms with Crippen molar-refractivity contribution in [2.24, 2.45) is 5.73 Å². The number of aliphatic hydroxyl groups excluding tert-OH is 1. The Kier molecular flexibility index (Phi) is 3.91. The lowest BCUT2D eigenvalue weighted by Crippen LogP contribution is -2.23. The molecule has 0 amide bonds. The van der Waals surface area contributed by atoms with Gasteiger partial charge in [-0.1, -0.05) is 0 Å². The highest BCUT2D eigenvalue weighted by molar-refractivity contribution is 4.78. The molecular weight excluding hydrogens is 161 g/mol. The van der Waals surface area contributed by atoms with E-state index in [0.29, 0.717) is 0 Å². The second-order valence-electron chi connectivity index (χ2n) is 3.34. The van der Waals surface area contributed by atoms with Crippen LogP contribution in [-0.2, 0) is 4.74 Å². The van der Waals surface area contributed by atoms with Gasteiger partial charge < -0.3 is 15.6 Å². The van der Waals surface area contributed by atoms with Gasteiger partial charge in [0.25, 0.3) is 0 Å². The van der Waals surface area contributed by atoms with Crippen LogP contribution in [0.3, 0.4) is 0 Å². The van der Waals surface area contributed by atoms with Crippen LogP contribution < -0.4 is 5.73 Å². The summed E-state index contributed by atoms with van der Waals surface area (Å²) in [4.78, 5) is 0. The van der Waals surface area contributed by atoms with E-state index in [9.17, 15) is 4.39 Å². The minimum Gasteiger partial charge on any atom is -0.388 e. The number of rotatable bonds is 4. The highest BCUT2D eigenvalue weighted by Gasteiger charge is 2.22. The number of aliphatic hydroxyl groups is 1. The summed E-state index contributed by atoms with van der Waals surface area (Å²) in [7, 11) is 0. The maximum absolute atomic E-state index is 11.8. The Morgan fingerprint density at radius 2 is 2.33 bits per heavy atom. The predicted molar refractivity (Wildman–Crippen MR) is 43.5 cm³/mol. The van der Waals surface area contributed by atoms with E-state index in [4.69, 9.17) is 15.6 Å². The van der Waals surface area contributed by atoms with Crippen molar-refractivity contribution in [3.8, 4) is 0 Å². The highest BCUT2D eigenvalue weighted by atomic mass is 19.1. The minimum absolute atomic E-state index is 0.0912. The van der Waals surface area contributed by atoms with E-state index in [-0.39, 0.29) is 18.8 Å². The zero-order chi connectivity index (χ0) is 8.97. The molecule has 3 atom stereocenters. The van der Waals surface area contributed by atoms with Crippen LogP contribution in [-0.4, -0.2) is 36.6 Å². The van der Waals surface area contributed by atoms with Gasteiger partial charge in [0.05, 0.1) is 12.7 Å². The van der Waals surface area contributed by atoms with Gasteiger partial charge in [-0.25, -0.2) is 4.39 Å². The summed E-state index contributed by atoms with van der Waals surface area (Å²) in [5, 5.41) is 8.85. The summed E-state index contributed by atoms with van der Waals surface area (Å²) in [6.07, 6.45) is 1.89. The summed E-state index contributed by atoms with van der Waals surface area (Å²) in [6, 6.07) is 0.220. The van der Waals surface area contributed by atoms with Crippen molar-refractivity contribution in [2.45, 2.75) is 37.5 Å². The van der Waals surface area contributed by atoms with Crippen LogP contribution in [0.4, 0.5) is 4.39 Å². The van der Waals surface area contributed by atoms with Crippen LogP contribution in [0.25, 0.3) is 0 Å². The zero-order valence-electron chi connectivity index (χ0n) is 7.08. The van der Waals surface area contributed by atoms with Crippen molar-refractivity contribution in [1.29, 1.82) is 0 Å². The first-order valence-electron chi connectivity index (χ1n) is 4.33. The van der Waals surface area contributed by atoms with Gasteiger partial charge in [-0.05, 0) is 19.3 Å². The number of hydrogen-bond acceptors (Lipinski definition) is 3. The molecule has 0 aliphatic heterocycles. The molecule has 3 unspecified atom stereocenters. The smallest absolute Gasteiger partial charge is 0.118 e. The van der Waals surface area contributed by atoms with E-state index < -0.39 is 12.8 Å². The molecule has 3 N–H and O–H groups in total. The molecule has 1 aliphatic rings. The predicted octanol–water partition coefficient (Wildman–Crippen LogP) is 0.213. The Bertz CT molecular complexity index is 134. The minimum atomic E-state index is -0.971. The van der Waals surface area contributed by atoms with Gasteiger partial charge in [0.1, 0.15) is 12.8 Å². The van der Waals surface area contributed by atoms with Crippen molar-refractivity contribution < 1.29 is 14.2 Å². The van der Waals surface area contributed by atoms with Crippen LogP contribution in [0.2, 0.25) is 0 Å². The molecule has 0 saturated heterocycles. The molecule has 12 heavy (non-hydrogen) atoms. The number of halogens is 1. The number of alkyl halides is 1. The van der Waals surface area contributed by atoms with E-state index >= 15 is 0 Å². The monoisotopic (exact) mass is 177 g/mol. The van der Waals surface area contributed by atoms with Crippen LogP contribution in [0.5, 0.6) is 0 Å². The molecule has 3 nitrogen and oxygen atoms in total. The summed E-state index contributed by atoms with van der Waals surface area (Å²) in [5.74, 6) is 0. The first-order chi connectivity index (χ1) is 5.72. The van der Waals surface area contributed by atoms with Gasteiger partial charge in [-0.3, -0.25) is 0 Å². The highest BCUT2D eigenvalue weighted by Crippen LogP contribution is 2.20. The van der Waals surface area contributed by atoms with E-state index in [2.05, 4.69) is 0 Å². The molecule has 1 saturated carbocycles. The third-order valence-electron chi connectivity index (χ3n) is 2.13. The van der Waals surface area contributed by atoms with Gasteiger partial charge in [0.15, 0.2) is 0 Å². The Labute approximate surface area is 71.7 Å². The first-order valence-corrected chi connectivity index (χ1v) is 4.33. The Balaban J connectivity index is 2.07. The maximum atomic E-state index is 11.8. The average molecular weight is 177 g/mol. The largest absolute Gasteiger partial charge is 0.388 e. The molecule has 0 spiro atoms.